The molecule has 0 bridgehead atoms. The molecule has 174 valence electrons. The zero-order valence-electron chi connectivity index (χ0n) is 19.7. The van der Waals surface area contributed by atoms with Crippen LogP contribution in [0.4, 0.5) is 5.69 Å². The summed E-state index contributed by atoms with van der Waals surface area (Å²) in [5.41, 5.74) is 4.04. The first kappa shape index (κ1) is 23.3. The number of ether oxygens (including phenoxy) is 2. The van der Waals surface area contributed by atoms with Crippen molar-refractivity contribution in [3.63, 3.8) is 0 Å². The summed E-state index contributed by atoms with van der Waals surface area (Å²) in [6.07, 6.45) is 4.08. The van der Waals surface area contributed by atoms with Crippen molar-refractivity contribution in [1.82, 2.24) is 4.41 Å². The SMILES string of the molecule is CC(C[N+](C)(C)C)Oc1ccc(N2C(=O)CC3=C(C=COC3)N2SCc2ccccc2)cc1. The van der Waals surface area contributed by atoms with Crippen molar-refractivity contribution in [2.75, 3.05) is 39.3 Å². The highest BCUT2D eigenvalue weighted by Crippen LogP contribution is 2.37. The Balaban J connectivity index is 1.55. The topological polar surface area (TPSA) is 42.0 Å². The fourth-order valence-corrected chi connectivity index (χ4v) is 5.15. The van der Waals surface area contributed by atoms with Crippen molar-refractivity contribution in [3.8, 4) is 5.75 Å². The van der Waals surface area contributed by atoms with Crippen LogP contribution in [-0.4, -0.2) is 55.2 Å². The molecule has 0 N–H and O–H groups in total. The van der Waals surface area contributed by atoms with E-state index in [0.29, 0.717) is 13.0 Å². The van der Waals surface area contributed by atoms with E-state index in [2.05, 4.69) is 40.2 Å². The predicted molar refractivity (Wildman–Crippen MR) is 133 cm³/mol. The molecule has 1 amide bonds. The van der Waals surface area contributed by atoms with Crippen molar-refractivity contribution in [3.05, 3.63) is 83.8 Å². The van der Waals surface area contributed by atoms with E-state index in [9.17, 15) is 4.79 Å². The number of quaternary nitrogens is 1. The molecule has 2 aliphatic heterocycles. The van der Waals surface area contributed by atoms with Crippen LogP contribution in [0.25, 0.3) is 0 Å². The monoisotopic (exact) mass is 466 g/mol. The first-order chi connectivity index (χ1) is 15.8. The number of benzene rings is 2. The van der Waals surface area contributed by atoms with Crippen molar-refractivity contribution in [2.45, 2.75) is 25.2 Å². The number of hydrogen-bond acceptors (Lipinski definition) is 5. The lowest BCUT2D eigenvalue weighted by Crippen LogP contribution is -2.46. The molecular formula is C26H32N3O3S+. The molecule has 6 nitrogen and oxygen atoms in total. The second-order valence-corrected chi connectivity index (χ2v) is 10.3. The van der Waals surface area contributed by atoms with E-state index in [1.165, 1.54) is 5.56 Å². The van der Waals surface area contributed by atoms with Crippen molar-refractivity contribution in [1.29, 1.82) is 0 Å². The lowest BCUT2D eigenvalue weighted by molar-refractivity contribution is -0.872. The lowest BCUT2D eigenvalue weighted by atomic mass is 10.1. The fourth-order valence-electron chi connectivity index (χ4n) is 4.05. The van der Waals surface area contributed by atoms with Gasteiger partial charge in [0.05, 0.1) is 45.2 Å². The molecule has 2 aromatic carbocycles. The Hall–Kier alpha value is -2.90. The molecule has 0 aromatic heterocycles. The average molecular weight is 467 g/mol. The van der Waals surface area contributed by atoms with Crippen LogP contribution in [0.3, 0.4) is 0 Å². The number of anilines is 1. The maximum Gasteiger partial charge on any atom is 0.250 e. The van der Waals surface area contributed by atoms with Gasteiger partial charge in [0.25, 0.3) is 5.91 Å². The number of allylic oxidation sites excluding steroid dienone is 1. The average Bonchev–Trinajstić information content (AvgIpc) is 2.77. The van der Waals surface area contributed by atoms with Gasteiger partial charge in [0.15, 0.2) is 0 Å². The van der Waals surface area contributed by atoms with Crippen LogP contribution in [0, 0.1) is 0 Å². The molecule has 0 aliphatic carbocycles. The summed E-state index contributed by atoms with van der Waals surface area (Å²) >= 11 is 1.60. The Morgan fingerprint density at radius 3 is 2.52 bits per heavy atom. The van der Waals surface area contributed by atoms with Crippen LogP contribution < -0.4 is 9.75 Å². The molecule has 2 aliphatic rings. The van der Waals surface area contributed by atoms with Gasteiger partial charge in [-0.1, -0.05) is 30.3 Å². The lowest BCUT2D eigenvalue weighted by Gasteiger charge is -2.41. The number of hydrazine groups is 1. The van der Waals surface area contributed by atoms with Gasteiger partial charge in [-0.05, 0) is 54.8 Å². The van der Waals surface area contributed by atoms with Crippen LogP contribution in [0.1, 0.15) is 18.9 Å². The van der Waals surface area contributed by atoms with E-state index in [-0.39, 0.29) is 12.0 Å². The van der Waals surface area contributed by atoms with Gasteiger partial charge in [0.1, 0.15) is 25.0 Å². The van der Waals surface area contributed by atoms with E-state index in [4.69, 9.17) is 9.47 Å². The Labute approximate surface area is 200 Å². The number of amides is 1. The molecular weight excluding hydrogens is 434 g/mol. The van der Waals surface area contributed by atoms with Crippen LogP contribution >= 0.6 is 11.9 Å². The number of likely N-dealkylation sites (N-methyl/N-ethyl adjacent to an activating group) is 1. The van der Waals surface area contributed by atoms with Gasteiger partial charge >= 0.3 is 0 Å². The molecule has 4 rings (SSSR count). The van der Waals surface area contributed by atoms with E-state index in [0.717, 1.165) is 39.5 Å². The van der Waals surface area contributed by atoms with Crippen molar-refractivity contribution >= 4 is 23.5 Å². The number of carbonyl (C=O) groups is 1. The highest BCUT2D eigenvalue weighted by Gasteiger charge is 2.34. The molecule has 1 unspecified atom stereocenters. The summed E-state index contributed by atoms with van der Waals surface area (Å²) in [5.74, 6) is 1.58. The standard InChI is InChI=1S/C26H32N3O3S/c1-20(17-29(2,3)4)32-24-12-10-23(11-13-24)27-26(30)16-22-18-31-15-14-25(22)28(27)33-19-21-8-6-5-7-9-21/h5-15,20H,16-19H2,1-4H3/q+1. The summed E-state index contributed by atoms with van der Waals surface area (Å²) in [6.45, 7) is 3.44. The van der Waals surface area contributed by atoms with Gasteiger partial charge in [-0.3, -0.25) is 4.79 Å². The predicted octanol–water partition coefficient (Wildman–Crippen LogP) is 4.76. The molecule has 7 heteroatoms. The molecule has 0 radical (unpaired) electrons. The van der Waals surface area contributed by atoms with Gasteiger partial charge < -0.3 is 14.0 Å². The molecule has 0 fully saturated rings. The van der Waals surface area contributed by atoms with E-state index < -0.39 is 0 Å². The molecule has 0 spiro atoms. The Bertz CT molecular complexity index is 1030. The van der Waals surface area contributed by atoms with Crippen molar-refractivity contribution in [2.24, 2.45) is 0 Å². The minimum atomic E-state index is 0.0280. The summed E-state index contributed by atoms with van der Waals surface area (Å²) < 4.78 is 14.4. The fraction of sp³-hybridized carbons (Fsp3) is 0.346. The molecule has 2 heterocycles. The Morgan fingerprint density at radius 1 is 1.09 bits per heavy atom. The normalized spacial score (nSPS) is 17.0. The van der Waals surface area contributed by atoms with Gasteiger partial charge in [-0.15, -0.1) is 0 Å². The first-order valence-corrected chi connectivity index (χ1v) is 12.1. The highest BCUT2D eigenvalue weighted by atomic mass is 32.2. The van der Waals surface area contributed by atoms with Gasteiger partial charge in [0, 0.05) is 11.3 Å². The number of carbonyl (C=O) groups excluding carboxylic acids is 1. The minimum Gasteiger partial charge on any atom is -0.497 e. The largest absolute Gasteiger partial charge is 0.497 e. The number of hydrogen-bond donors (Lipinski definition) is 0. The zero-order chi connectivity index (χ0) is 23.4. The number of nitrogens with zero attached hydrogens (tertiary/aromatic N) is 3. The van der Waals surface area contributed by atoms with E-state index in [1.54, 1.807) is 23.2 Å². The van der Waals surface area contributed by atoms with Crippen LogP contribution in [0.15, 0.2) is 78.2 Å². The smallest absolute Gasteiger partial charge is 0.250 e. The third kappa shape index (κ3) is 5.92. The quantitative estimate of drug-likeness (QED) is 0.415. The van der Waals surface area contributed by atoms with Gasteiger partial charge in [-0.25, -0.2) is 9.42 Å². The third-order valence-electron chi connectivity index (χ3n) is 5.35. The second-order valence-electron chi connectivity index (χ2n) is 9.41. The van der Waals surface area contributed by atoms with Gasteiger partial charge in [0.2, 0.25) is 0 Å². The molecule has 1 atom stereocenters. The van der Waals surface area contributed by atoms with Crippen LogP contribution in [-0.2, 0) is 15.3 Å². The maximum absolute atomic E-state index is 13.2. The third-order valence-corrected chi connectivity index (χ3v) is 6.42. The molecule has 0 saturated carbocycles. The Morgan fingerprint density at radius 2 is 1.82 bits per heavy atom. The molecule has 2 aromatic rings. The molecule has 33 heavy (non-hydrogen) atoms. The summed E-state index contributed by atoms with van der Waals surface area (Å²) in [4.78, 5) is 13.2. The second kappa shape index (κ2) is 9.93. The van der Waals surface area contributed by atoms with Crippen molar-refractivity contribution < 1.29 is 18.8 Å². The van der Waals surface area contributed by atoms with E-state index in [1.807, 2.05) is 53.0 Å². The summed E-state index contributed by atoms with van der Waals surface area (Å²) in [7, 11) is 6.46. The number of rotatable bonds is 8. The molecule has 0 saturated heterocycles. The first-order valence-electron chi connectivity index (χ1n) is 11.2. The maximum atomic E-state index is 13.2. The Kier molecular flexibility index (Phi) is 7.00. The summed E-state index contributed by atoms with van der Waals surface area (Å²) in [6, 6.07) is 18.1. The van der Waals surface area contributed by atoms with Crippen LogP contribution in [0.5, 0.6) is 5.75 Å². The van der Waals surface area contributed by atoms with E-state index >= 15 is 0 Å². The zero-order valence-corrected chi connectivity index (χ0v) is 20.5. The minimum absolute atomic E-state index is 0.0280. The highest BCUT2D eigenvalue weighted by molar-refractivity contribution is 7.96. The summed E-state index contributed by atoms with van der Waals surface area (Å²) in [5, 5.41) is 1.77. The van der Waals surface area contributed by atoms with Crippen LogP contribution in [0.2, 0.25) is 0 Å². The van der Waals surface area contributed by atoms with Gasteiger partial charge in [-0.2, -0.15) is 0 Å².